The maximum absolute atomic E-state index is 13.4. The number of benzene rings is 2. The third-order valence-corrected chi connectivity index (χ3v) is 5.78. The standard InChI is InChI=1S/C27H32ClN7O4/c1-4-38-23-15-18(7-10-22(23)39-14-13-35(2)3)24(32-19-8-5-17(6-9-19)25(29)30)27(37)34-33-26(36)20-11-12-31-16-21(20)28/h5-12,15-16,24,32H,4,13-14H2,1-3H3,(H3,29,30)(H,33,36)(H,34,37). The molecule has 39 heavy (non-hydrogen) atoms. The maximum atomic E-state index is 13.4. The number of nitrogen functional groups attached to an aromatic ring is 1. The van der Waals surface area contributed by atoms with Crippen molar-refractivity contribution in [2.45, 2.75) is 13.0 Å². The van der Waals surface area contributed by atoms with Crippen LogP contribution in [0.1, 0.15) is 34.5 Å². The van der Waals surface area contributed by atoms with Crippen molar-refractivity contribution in [2.24, 2.45) is 5.73 Å². The minimum Gasteiger partial charge on any atom is -0.490 e. The lowest BCUT2D eigenvalue weighted by Gasteiger charge is -2.22. The number of pyridine rings is 1. The number of amides is 2. The van der Waals surface area contributed by atoms with Crippen LogP contribution in [-0.4, -0.2) is 61.4 Å². The molecule has 206 valence electrons. The van der Waals surface area contributed by atoms with E-state index in [1.165, 1.54) is 18.5 Å². The van der Waals surface area contributed by atoms with Gasteiger partial charge in [0.15, 0.2) is 11.5 Å². The van der Waals surface area contributed by atoms with E-state index in [1.807, 2.05) is 25.9 Å². The topological polar surface area (TPSA) is 155 Å². The Kier molecular flexibility index (Phi) is 10.5. The number of nitrogens with one attached hydrogen (secondary N) is 4. The first-order chi connectivity index (χ1) is 18.7. The predicted molar refractivity (Wildman–Crippen MR) is 150 cm³/mol. The van der Waals surface area contributed by atoms with Gasteiger partial charge in [0.1, 0.15) is 18.5 Å². The summed E-state index contributed by atoms with van der Waals surface area (Å²) in [6.07, 6.45) is 2.76. The van der Waals surface area contributed by atoms with Gasteiger partial charge < -0.3 is 25.4 Å². The molecule has 1 heterocycles. The molecule has 3 aromatic rings. The molecule has 0 spiro atoms. The van der Waals surface area contributed by atoms with E-state index in [1.54, 1.807) is 42.5 Å². The summed E-state index contributed by atoms with van der Waals surface area (Å²) in [6.45, 7) is 3.43. The fourth-order valence-corrected chi connectivity index (χ4v) is 3.67. The number of likely N-dealkylation sites (N-methyl/N-ethyl adjacent to an activating group) is 1. The molecule has 1 unspecified atom stereocenters. The second-order valence-corrected chi connectivity index (χ2v) is 9.07. The normalized spacial score (nSPS) is 11.4. The minimum atomic E-state index is -0.948. The first kappa shape index (κ1) is 29.2. The molecule has 0 fully saturated rings. The van der Waals surface area contributed by atoms with E-state index < -0.39 is 17.9 Å². The Morgan fingerprint density at radius 3 is 2.46 bits per heavy atom. The van der Waals surface area contributed by atoms with Crippen molar-refractivity contribution in [3.8, 4) is 11.5 Å². The third kappa shape index (κ3) is 8.32. The fraction of sp³-hybridized carbons (Fsp3) is 0.259. The van der Waals surface area contributed by atoms with Crippen LogP contribution in [0.3, 0.4) is 0 Å². The molecule has 0 aliphatic rings. The van der Waals surface area contributed by atoms with Crippen molar-refractivity contribution >= 4 is 34.9 Å². The smallest absolute Gasteiger partial charge is 0.271 e. The summed E-state index contributed by atoms with van der Waals surface area (Å²) in [4.78, 5) is 31.8. The zero-order chi connectivity index (χ0) is 28.4. The molecule has 0 radical (unpaired) electrons. The van der Waals surface area contributed by atoms with E-state index in [9.17, 15) is 9.59 Å². The van der Waals surface area contributed by atoms with Crippen LogP contribution in [-0.2, 0) is 4.79 Å². The van der Waals surface area contributed by atoms with E-state index in [2.05, 4.69) is 21.2 Å². The van der Waals surface area contributed by atoms with E-state index in [4.69, 9.17) is 32.2 Å². The van der Waals surface area contributed by atoms with Crippen molar-refractivity contribution in [3.63, 3.8) is 0 Å². The van der Waals surface area contributed by atoms with Gasteiger partial charge in [0.2, 0.25) is 0 Å². The van der Waals surface area contributed by atoms with Crippen LogP contribution in [0.5, 0.6) is 11.5 Å². The highest BCUT2D eigenvalue weighted by Gasteiger charge is 2.24. The average molecular weight is 554 g/mol. The zero-order valence-electron chi connectivity index (χ0n) is 22.0. The Morgan fingerprint density at radius 2 is 1.82 bits per heavy atom. The zero-order valence-corrected chi connectivity index (χ0v) is 22.7. The van der Waals surface area contributed by atoms with Gasteiger partial charge in [-0.1, -0.05) is 17.7 Å². The van der Waals surface area contributed by atoms with Gasteiger partial charge in [-0.15, -0.1) is 0 Å². The Morgan fingerprint density at radius 1 is 1.08 bits per heavy atom. The summed E-state index contributed by atoms with van der Waals surface area (Å²) in [6, 6.07) is 12.4. The lowest BCUT2D eigenvalue weighted by atomic mass is 10.0. The Bertz CT molecular complexity index is 1300. The molecule has 0 saturated heterocycles. The number of halogens is 1. The second kappa shape index (κ2) is 14.0. The number of hydrogen-bond donors (Lipinski definition) is 5. The first-order valence-corrected chi connectivity index (χ1v) is 12.5. The number of amidine groups is 1. The Labute approximate surface area is 232 Å². The molecule has 1 atom stereocenters. The largest absolute Gasteiger partial charge is 0.490 e. The van der Waals surface area contributed by atoms with Crippen LogP contribution in [0, 0.1) is 5.41 Å². The number of nitrogens with two attached hydrogens (primary N) is 1. The summed E-state index contributed by atoms with van der Waals surface area (Å²) in [7, 11) is 3.91. The number of hydrazine groups is 1. The van der Waals surface area contributed by atoms with Gasteiger partial charge in [0.05, 0.1) is 17.2 Å². The molecule has 1 aromatic heterocycles. The van der Waals surface area contributed by atoms with Gasteiger partial charge >= 0.3 is 0 Å². The molecule has 2 amide bonds. The quantitative estimate of drug-likeness (QED) is 0.130. The second-order valence-electron chi connectivity index (χ2n) is 8.66. The van der Waals surface area contributed by atoms with E-state index in [-0.39, 0.29) is 16.4 Å². The number of carbonyl (C=O) groups is 2. The Balaban J connectivity index is 1.87. The van der Waals surface area contributed by atoms with Gasteiger partial charge in [-0.2, -0.15) is 0 Å². The monoisotopic (exact) mass is 553 g/mol. The number of hydrogen-bond acceptors (Lipinski definition) is 8. The molecular weight excluding hydrogens is 522 g/mol. The van der Waals surface area contributed by atoms with Crippen LogP contribution in [0.4, 0.5) is 5.69 Å². The number of nitrogens with zero attached hydrogens (tertiary/aromatic N) is 2. The molecule has 12 heteroatoms. The maximum Gasteiger partial charge on any atom is 0.271 e. The summed E-state index contributed by atoms with van der Waals surface area (Å²) in [5.41, 5.74) is 12.3. The number of rotatable bonds is 12. The van der Waals surface area contributed by atoms with Crippen LogP contribution in [0.25, 0.3) is 0 Å². The summed E-state index contributed by atoms with van der Waals surface area (Å²) in [5.74, 6) is -0.187. The highest BCUT2D eigenvalue weighted by Crippen LogP contribution is 2.32. The Hall–Kier alpha value is -4.35. The first-order valence-electron chi connectivity index (χ1n) is 12.1. The molecule has 6 N–H and O–H groups in total. The van der Waals surface area contributed by atoms with Gasteiger partial charge in [-0.3, -0.25) is 30.8 Å². The number of aromatic nitrogens is 1. The lowest BCUT2D eigenvalue weighted by Crippen LogP contribution is -2.45. The average Bonchev–Trinajstić information content (AvgIpc) is 2.91. The van der Waals surface area contributed by atoms with E-state index in [0.29, 0.717) is 41.5 Å². The van der Waals surface area contributed by atoms with Crippen molar-refractivity contribution < 1.29 is 19.1 Å². The molecule has 2 aromatic carbocycles. The molecule has 0 bridgehead atoms. The van der Waals surface area contributed by atoms with E-state index >= 15 is 0 Å². The SMILES string of the molecule is CCOc1cc(C(Nc2ccc(C(=N)N)cc2)C(=O)NNC(=O)c2ccncc2Cl)ccc1OCCN(C)C. The van der Waals surface area contributed by atoms with Crippen molar-refractivity contribution in [3.05, 3.63) is 82.6 Å². The minimum absolute atomic E-state index is 0.0699. The van der Waals surface area contributed by atoms with Gasteiger partial charge in [-0.25, -0.2) is 0 Å². The molecule has 0 saturated carbocycles. The predicted octanol–water partition coefficient (Wildman–Crippen LogP) is 2.97. The molecule has 3 rings (SSSR count). The summed E-state index contributed by atoms with van der Waals surface area (Å²) in [5, 5.41) is 10.9. The van der Waals surface area contributed by atoms with Gasteiger partial charge in [0, 0.05) is 30.2 Å². The molecular formula is C27H32ClN7O4. The van der Waals surface area contributed by atoms with Gasteiger partial charge in [0.25, 0.3) is 11.8 Å². The number of ether oxygens (including phenoxy) is 2. The number of anilines is 1. The third-order valence-electron chi connectivity index (χ3n) is 5.48. The van der Waals surface area contributed by atoms with Gasteiger partial charge in [-0.05, 0) is 69.0 Å². The molecule has 11 nitrogen and oxygen atoms in total. The van der Waals surface area contributed by atoms with Crippen LogP contribution in [0.2, 0.25) is 5.02 Å². The fourth-order valence-electron chi connectivity index (χ4n) is 3.46. The van der Waals surface area contributed by atoms with E-state index in [0.717, 1.165) is 6.54 Å². The molecule has 0 aliphatic carbocycles. The summed E-state index contributed by atoms with van der Waals surface area (Å²) >= 11 is 6.05. The van der Waals surface area contributed by atoms with Crippen molar-refractivity contribution in [1.29, 1.82) is 5.41 Å². The number of carbonyl (C=O) groups excluding carboxylic acids is 2. The highest BCUT2D eigenvalue weighted by molar-refractivity contribution is 6.33. The lowest BCUT2D eigenvalue weighted by molar-refractivity contribution is -0.122. The van der Waals surface area contributed by atoms with Crippen LogP contribution < -0.4 is 31.4 Å². The summed E-state index contributed by atoms with van der Waals surface area (Å²) < 4.78 is 11.7. The van der Waals surface area contributed by atoms with Crippen LogP contribution in [0.15, 0.2) is 60.9 Å². The van der Waals surface area contributed by atoms with Crippen molar-refractivity contribution in [2.75, 3.05) is 39.2 Å². The van der Waals surface area contributed by atoms with Crippen molar-refractivity contribution in [1.82, 2.24) is 20.7 Å². The molecule has 0 aliphatic heterocycles. The highest BCUT2D eigenvalue weighted by atomic mass is 35.5. The van der Waals surface area contributed by atoms with Crippen LogP contribution >= 0.6 is 11.6 Å².